The molecule has 2 amide bonds. The third-order valence-electron chi connectivity index (χ3n) is 6.30. The van der Waals surface area contributed by atoms with Gasteiger partial charge in [-0.15, -0.1) is 11.8 Å². The van der Waals surface area contributed by atoms with E-state index in [1.165, 1.54) is 12.0 Å². The maximum atomic E-state index is 13.4. The monoisotopic (exact) mass is 520 g/mol. The highest BCUT2D eigenvalue weighted by atomic mass is 35.5. The van der Waals surface area contributed by atoms with Crippen LogP contribution in [0.25, 0.3) is 0 Å². The van der Waals surface area contributed by atoms with Crippen molar-refractivity contribution in [3.63, 3.8) is 0 Å². The fraction of sp³-hybridized carbons (Fsp3) is 0.481. The van der Waals surface area contributed by atoms with Crippen molar-refractivity contribution >= 4 is 46.8 Å². The molecule has 184 valence electrons. The number of nitrogens with one attached hydrogen (secondary N) is 1. The van der Waals surface area contributed by atoms with Gasteiger partial charge in [-0.05, 0) is 56.0 Å². The maximum Gasteiger partial charge on any atom is 0.243 e. The standard InChI is InChI=1S/C27H34Cl2N2O2S/c1-3-25(27(33)30-22-7-5-4-6-8-22)31(18-20-11-12-21(28)17-24(20)29)26(32)15-16-34-23-13-9-19(2)10-14-23/h9-14,17,22,25H,3-8,15-16,18H2,1-2H3,(H,30,33). The molecular weight excluding hydrogens is 487 g/mol. The minimum atomic E-state index is -0.537. The van der Waals surface area contributed by atoms with E-state index in [-0.39, 0.29) is 24.4 Å². The Balaban J connectivity index is 1.72. The summed E-state index contributed by atoms with van der Waals surface area (Å²) in [5.74, 6) is 0.531. The zero-order chi connectivity index (χ0) is 24.5. The number of aryl methyl sites for hydroxylation is 1. The number of benzene rings is 2. The Hall–Kier alpha value is -1.69. The van der Waals surface area contributed by atoms with Crippen LogP contribution < -0.4 is 5.32 Å². The van der Waals surface area contributed by atoms with Gasteiger partial charge in [0.1, 0.15) is 6.04 Å². The number of halogens is 2. The summed E-state index contributed by atoms with van der Waals surface area (Å²) in [4.78, 5) is 29.5. The number of carbonyl (C=O) groups is 2. The van der Waals surface area contributed by atoms with Crippen LogP contribution in [0.4, 0.5) is 0 Å². The van der Waals surface area contributed by atoms with Crippen LogP contribution in [0.1, 0.15) is 63.0 Å². The molecule has 2 aromatic rings. The molecule has 1 fully saturated rings. The van der Waals surface area contributed by atoms with Gasteiger partial charge >= 0.3 is 0 Å². The van der Waals surface area contributed by atoms with Crippen LogP contribution in [0.3, 0.4) is 0 Å². The van der Waals surface area contributed by atoms with Gasteiger partial charge in [0, 0.05) is 39.7 Å². The quantitative estimate of drug-likeness (QED) is 0.341. The number of hydrogen-bond acceptors (Lipinski definition) is 3. The van der Waals surface area contributed by atoms with Crippen LogP contribution in [-0.4, -0.2) is 34.6 Å². The number of rotatable bonds is 10. The molecule has 0 bridgehead atoms. The highest BCUT2D eigenvalue weighted by Crippen LogP contribution is 2.26. The van der Waals surface area contributed by atoms with Crippen molar-refractivity contribution < 1.29 is 9.59 Å². The number of nitrogens with zero attached hydrogens (tertiary/aromatic N) is 1. The minimum Gasteiger partial charge on any atom is -0.352 e. The smallest absolute Gasteiger partial charge is 0.243 e. The zero-order valence-corrected chi connectivity index (χ0v) is 22.3. The van der Waals surface area contributed by atoms with E-state index in [2.05, 4.69) is 36.5 Å². The van der Waals surface area contributed by atoms with Gasteiger partial charge in [-0.3, -0.25) is 9.59 Å². The van der Waals surface area contributed by atoms with E-state index >= 15 is 0 Å². The van der Waals surface area contributed by atoms with Crippen LogP contribution in [0.2, 0.25) is 10.0 Å². The lowest BCUT2D eigenvalue weighted by atomic mass is 9.95. The zero-order valence-electron chi connectivity index (χ0n) is 20.0. The van der Waals surface area contributed by atoms with Gasteiger partial charge in [0.25, 0.3) is 0 Å². The van der Waals surface area contributed by atoms with Gasteiger partial charge in [-0.25, -0.2) is 0 Å². The predicted octanol–water partition coefficient (Wildman–Crippen LogP) is 7.04. The Morgan fingerprint density at radius 2 is 1.79 bits per heavy atom. The predicted molar refractivity (Wildman–Crippen MR) is 143 cm³/mol. The highest BCUT2D eigenvalue weighted by Gasteiger charge is 2.30. The van der Waals surface area contributed by atoms with Crippen molar-refractivity contribution in [1.29, 1.82) is 0 Å². The second-order valence-corrected chi connectivity index (χ2v) is 10.9. The molecule has 1 atom stereocenters. The second-order valence-electron chi connectivity index (χ2n) is 8.94. The van der Waals surface area contributed by atoms with Crippen LogP contribution >= 0.6 is 35.0 Å². The molecular formula is C27H34Cl2N2O2S. The topological polar surface area (TPSA) is 49.4 Å². The molecule has 0 spiro atoms. The molecule has 0 aliphatic heterocycles. The molecule has 0 saturated heterocycles. The van der Waals surface area contributed by atoms with Crippen molar-refractivity contribution in [3.05, 3.63) is 63.6 Å². The molecule has 1 aliphatic rings. The first-order valence-electron chi connectivity index (χ1n) is 12.1. The second kappa shape index (κ2) is 13.4. The Morgan fingerprint density at radius 3 is 2.44 bits per heavy atom. The molecule has 1 saturated carbocycles. The van der Waals surface area contributed by atoms with Crippen molar-refractivity contribution in [1.82, 2.24) is 10.2 Å². The molecule has 7 heteroatoms. The van der Waals surface area contributed by atoms with Crippen LogP contribution in [-0.2, 0) is 16.1 Å². The van der Waals surface area contributed by atoms with E-state index in [9.17, 15) is 9.59 Å². The van der Waals surface area contributed by atoms with E-state index in [1.807, 2.05) is 13.0 Å². The largest absolute Gasteiger partial charge is 0.352 e. The lowest BCUT2D eigenvalue weighted by Gasteiger charge is -2.33. The number of hydrogen-bond donors (Lipinski definition) is 1. The van der Waals surface area contributed by atoms with Crippen molar-refractivity contribution in [2.75, 3.05) is 5.75 Å². The Bertz CT molecular complexity index is 962. The number of thioether (sulfide) groups is 1. The molecule has 3 rings (SSSR count). The van der Waals surface area contributed by atoms with E-state index < -0.39 is 6.04 Å². The van der Waals surface area contributed by atoms with Crippen LogP contribution in [0, 0.1) is 6.92 Å². The molecule has 0 aromatic heterocycles. The summed E-state index contributed by atoms with van der Waals surface area (Å²) in [6.07, 6.45) is 6.40. The van der Waals surface area contributed by atoms with Gasteiger partial charge in [0.2, 0.25) is 11.8 Å². The molecule has 34 heavy (non-hydrogen) atoms. The maximum absolute atomic E-state index is 13.4. The summed E-state index contributed by atoms with van der Waals surface area (Å²) in [7, 11) is 0. The molecule has 0 radical (unpaired) electrons. The third kappa shape index (κ3) is 7.93. The fourth-order valence-corrected chi connectivity index (χ4v) is 5.64. The van der Waals surface area contributed by atoms with E-state index in [4.69, 9.17) is 23.2 Å². The van der Waals surface area contributed by atoms with E-state index in [0.717, 1.165) is 36.1 Å². The first kappa shape index (κ1) is 26.9. The van der Waals surface area contributed by atoms with Gasteiger partial charge in [-0.1, -0.05) is 73.2 Å². The van der Waals surface area contributed by atoms with Gasteiger partial charge in [0.05, 0.1) is 0 Å². The summed E-state index contributed by atoms with van der Waals surface area (Å²) in [5.41, 5.74) is 2.00. The van der Waals surface area contributed by atoms with Crippen LogP contribution in [0.15, 0.2) is 47.4 Å². The summed E-state index contributed by atoms with van der Waals surface area (Å²) < 4.78 is 0. The molecule has 1 unspecified atom stereocenters. The van der Waals surface area contributed by atoms with E-state index in [1.54, 1.807) is 28.8 Å². The average molecular weight is 522 g/mol. The number of carbonyl (C=O) groups excluding carboxylic acids is 2. The SMILES string of the molecule is CCC(C(=O)NC1CCCCC1)N(Cc1ccc(Cl)cc1Cl)C(=O)CCSc1ccc(C)cc1. The van der Waals surface area contributed by atoms with Gasteiger partial charge < -0.3 is 10.2 Å². The molecule has 1 N–H and O–H groups in total. The van der Waals surface area contributed by atoms with Crippen LogP contribution in [0.5, 0.6) is 0 Å². The summed E-state index contributed by atoms with van der Waals surface area (Å²) >= 11 is 14.2. The Kier molecular flexibility index (Phi) is 10.6. The summed E-state index contributed by atoms with van der Waals surface area (Å²) in [5, 5.41) is 4.26. The summed E-state index contributed by atoms with van der Waals surface area (Å²) in [6, 6.07) is 13.2. The van der Waals surface area contributed by atoms with Gasteiger partial charge in [0.15, 0.2) is 0 Å². The van der Waals surface area contributed by atoms with Crippen molar-refractivity contribution in [2.45, 2.75) is 82.3 Å². The Morgan fingerprint density at radius 1 is 1.09 bits per heavy atom. The first-order valence-corrected chi connectivity index (χ1v) is 13.8. The summed E-state index contributed by atoms with van der Waals surface area (Å²) in [6.45, 7) is 4.29. The Labute approximate surface area is 217 Å². The molecule has 4 nitrogen and oxygen atoms in total. The van der Waals surface area contributed by atoms with Crippen molar-refractivity contribution in [2.24, 2.45) is 0 Å². The fourth-order valence-electron chi connectivity index (χ4n) is 4.33. The molecule has 0 heterocycles. The lowest BCUT2D eigenvalue weighted by Crippen LogP contribution is -2.51. The average Bonchev–Trinajstić information content (AvgIpc) is 2.82. The minimum absolute atomic E-state index is 0.0451. The van der Waals surface area contributed by atoms with E-state index in [0.29, 0.717) is 28.6 Å². The third-order valence-corrected chi connectivity index (χ3v) is 7.90. The first-order chi connectivity index (χ1) is 16.4. The van der Waals surface area contributed by atoms with Crippen molar-refractivity contribution in [3.8, 4) is 0 Å². The number of amides is 2. The molecule has 1 aliphatic carbocycles. The molecule has 2 aromatic carbocycles. The lowest BCUT2D eigenvalue weighted by molar-refractivity contribution is -0.141. The van der Waals surface area contributed by atoms with Gasteiger partial charge in [-0.2, -0.15) is 0 Å². The normalized spacial score (nSPS) is 15.1. The highest BCUT2D eigenvalue weighted by molar-refractivity contribution is 7.99.